The van der Waals surface area contributed by atoms with Crippen molar-refractivity contribution < 1.29 is 14.7 Å². The van der Waals surface area contributed by atoms with Crippen molar-refractivity contribution in [3.8, 4) is 0 Å². The number of anilines is 1. The number of fused-ring (bicyclic) bond motifs is 1. The summed E-state index contributed by atoms with van der Waals surface area (Å²) < 4.78 is 0. The molecule has 108 valence electrons. The molecule has 1 aliphatic rings. The zero-order valence-corrected chi connectivity index (χ0v) is 11.3. The molecule has 1 amide bonds. The molecule has 1 saturated heterocycles. The molecule has 1 fully saturated rings. The average molecular weight is 285 g/mol. The number of nitrogens with zero attached hydrogens (tertiary/aromatic N) is 2. The number of rotatable bonds is 3. The maximum absolute atomic E-state index is 11.2. The third-order valence-corrected chi connectivity index (χ3v) is 3.86. The molecule has 1 aliphatic heterocycles. The first-order valence-electron chi connectivity index (χ1n) is 6.73. The fraction of sp³-hybridized carbons (Fsp3) is 0.267. The molecule has 21 heavy (non-hydrogen) atoms. The van der Waals surface area contributed by atoms with Crippen molar-refractivity contribution in [3.63, 3.8) is 0 Å². The van der Waals surface area contributed by atoms with Crippen molar-refractivity contribution >= 4 is 28.6 Å². The highest BCUT2D eigenvalue weighted by atomic mass is 16.4. The van der Waals surface area contributed by atoms with E-state index in [1.807, 2.05) is 4.90 Å². The van der Waals surface area contributed by atoms with Crippen LogP contribution in [0, 0.1) is 5.92 Å². The van der Waals surface area contributed by atoms with Crippen molar-refractivity contribution in [2.75, 3.05) is 18.0 Å². The van der Waals surface area contributed by atoms with Crippen LogP contribution in [-0.4, -0.2) is 35.1 Å². The first-order valence-corrected chi connectivity index (χ1v) is 6.73. The minimum Gasteiger partial charge on any atom is -0.478 e. The normalized spacial score (nSPS) is 18.1. The molecule has 1 aromatic heterocycles. The molecule has 0 radical (unpaired) electrons. The Morgan fingerprint density at radius 1 is 1.29 bits per heavy atom. The topological polar surface area (TPSA) is 96.5 Å². The average Bonchev–Trinajstić information content (AvgIpc) is 2.96. The first-order chi connectivity index (χ1) is 10.1. The number of carboxylic acid groups (broad SMARTS) is 1. The lowest BCUT2D eigenvalue weighted by atomic mass is 10.1. The van der Waals surface area contributed by atoms with Crippen LogP contribution in [0.15, 0.2) is 30.3 Å². The van der Waals surface area contributed by atoms with Crippen LogP contribution in [0.2, 0.25) is 0 Å². The Labute approximate surface area is 121 Å². The Kier molecular flexibility index (Phi) is 3.21. The summed E-state index contributed by atoms with van der Waals surface area (Å²) in [7, 11) is 0. The predicted molar refractivity (Wildman–Crippen MR) is 78.2 cm³/mol. The Morgan fingerprint density at radius 3 is 2.76 bits per heavy atom. The summed E-state index contributed by atoms with van der Waals surface area (Å²) in [6, 6.07) is 8.58. The van der Waals surface area contributed by atoms with Crippen LogP contribution >= 0.6 is 0 Å². The quantitative estimate of drug-likeness (QED) is 0.884. The van der Waals surface area contributed by atoms with Crippen LogP contribution in [0.3, 0.4) is 0 Å². The highest BCUT2D eigenvalue weighted by molar-refractivity contribution is 6.02. The van der Waals surface area contributed by atoms with Gasteiger partial charge in [0.15, 0.2) is 0 Å². The SMILES string of the molecule is NC(=O)C1CCN(c2ccc3c(C(=O)O)cccc3n2)C1. The van der Waals surface area contributed by atoms with E-state index in [4.69, 9.17) is 10.8 Å². The molecule has 0 saturated carbocycles. The number of pyridine rings is 1. The number of aromatic carboxylic acids is 1. The van der Waals surface area contributed by atoms with E-state index >= 15 is 0 Å². The number of carbonyl (C=O) groups is 2. The summed E-state index contributed by atoms with van der Waals surface area (Å²) in [6.45, 7) is 1.29. The van der Waals surface area contributed by atoms with Crippen LogP contribution < -0.4 is 10.6 Å². The number of nitrogens with two attached hydrogens (primary N) is 1. The Morgan fingerprint density at radius 2 is 2.10 bits per heavy atom. The molecule has 0 bridgehead atoms. The third-order valence-electron chi connectivity index (χ3n) is 3.86. The van der Waals surface area contributed by atoms with Gasteiger partial charge in [-0.05, 0) is 30.7 Å². The van der Waals surface area contributed by atoms with E-state index in [2.05, 4.69) is 4.98 Å². The predicted octanol–water partition coefficient (Wildman–Crippen LogP) is 1.24. The summed E-state index contributed by atoms with van der Waals surface area (Å²) >= 11 is 0. The van der Waals surface area contributed by atoms with Crippen molar-refractivity contribution in [2.45, 2.75) is 6.42 Å². The van der Waals surface area contributed by atoms with Gasteiger partial charge >= 0.3 is 5.97 Å². The van der Waals surface area contributed by atoms with E-state index in [0.29, 0.717) is 17.4 Å². The number of hydrogen-bond donors (Lipinski definition) is 2. The zero-order chi connectivity index (χ0) is 15.0. The van der Waals surface area contributed by atoms with Gasteiger partial charge in [-0.2, -0.15) is 0 Å². The number of amides is 1. The van der Waals surface area contributed by atoms with Gasteiger partial charge in [-0.3, -0.25) is 4.79 Å². The minimum absolute atomic E-state index is 0.146. The van der Waals surface area contributed by atoms with E-state index in [-0.39, 0.29) is 17.4 Å². The van der Waals surface area contributed by atoms with E-state index < -0.39 is 5.97 Å². The summed E-state index contributed by atoms with van der Waals surface area (Å²) in [5.74, 6) is -0.654. The van der Waals surface area contributed by atoms with E-state index in [1.165, 1.54) is 0 Å². The maximum Gasteiger partial charge on any atom is 0.336 e. The lowest BCUT2D eigenvalue weighted by molar-refractivity contribution is -0.121. The maximum atomic E-state index is 11.2. The van der Waals surface area contributed by atoms with Gasteiger partial charge < -0.3 is 15.7 Å². The molecule has 3 rings (SSSR count). The fourth-order valence-electron chi connectivity index (χ4n) is 2.71. The second kappa shape index (κ2) is 5.05. The van der Waals surface area contributed by atoms with Gasteiger partial charge in [0.25, 0.3) is 0 Å². The van der Waals surface area contributed by atoms with Gasteiger partial charge in [0, 0.05) is 18.5 Å². The molecular formula is C15H15N3O3. The van der Waals surface area contributed by atoms with Gasteiger partial charge in [-0.25, -0.2) is 9.78 Å². The van der Waals surface area contributed by atoms with Crippen molar-refractivity contribution in [3.05, 3.63) is 35.9 Å². The van der Waals surface area contributed by atoms with Gasteiger partial charge in [-0.15, -0.1) is 0 Å². The largest absolute Gasteiger partial charge is 0.478 e. The summed E-state index contributed by atoms with van der Waals surface area (Å²) in [5.41, 5.74) is 6.20. The van der Waals surface area contributed by atoms with E-state index in [9.17, 15) is 9.59 Å². The fourth-order valence-corrected chi connectivity index (χ4v) is 2.71. The summed E-state index contributed by atoms with van der Waals surface area (Å²) in [5, 5.41) is 9.78. The molecule has 1 aromatic carbocycles. The van der Waals surface area contributed by atoms with Crippen LogP contribution in [0.4, 0.5) is 5.82 Å². The van der Waals surface area contributed by atoms with E-state index in [1.54, 1.807) is 30.3 Å². The van der Waals surface area contributed by atoms with Gasteiger partial charge in [-0.1, -0.05) is 6.07 Å². The lowest BCUT2D eigenvalue weighted by Gasteiger charge is -2.17. The highest BCUT2D eigenvalue weighted by Crippen LogP contribution is 2.25. The monoisotopic (exact) mass is 285 g/mol. The Hall–Kier alpha value is -2.63. The first kappa shape index (κ1) is 13.4. The second-order valence-corrected chi connectivity index (χ2v) is 5.18. The minimum atomic E-state index is -0.967. The van der Waals surface area contributed by atoms with Crippen molar-refractivity contribution in [1.29, 1.82) is 0 Å². The van der Waals surface area contributed by atoms with Crippen LogP contribution in [-0.2, 0) is 4.79 Å². The van der Waals surface area contributed by atoms with Gasteiger partial charge in [0.2, 0.25) is 5.91 Å². The third kappa shape index (κ3) is 2.40. The smallest absolute Gasteiger partial charge is 0.336 e. The zero-order valence-electron chi connectivity index (χ0n) is 11.3. The number of aromatic nitrogens is 1. The molecule has 1 unspecified atom stereocenters. The molecule has 0 aliphatic carbocycles. The van der Waals surface area contributed by atoms with Crippen LogP contribution in [0.1, 0.15) is 16.8 Å². The lowest BCUT2D eigenvalue weighted by Crippen LogP contribution is -2.27. The molecule has 0 spiro atoms. The van der Waals surface area contributed by atoms with Gasteiger partial charge in [0.1, 0.15) is 5.82 Å². The summed E-state index contributed by atoms with van der Waals surface area (Å²) in [4.78, 5) is 28.9. The molecule has 2 aromatic rings. The van der Waals surface area contributed by atoms with E-state index in [0.717, 1.165) is 18.8 Å². The molecular weight excluding hydrogens is 270 g/mol. The van der Waals surface area contributed by atoms with Crippen molar-refractivity contribution in [1.82, 2.24) is 4.98 Å². The standard InChI is InChI=1S/C15H15N3O3/c16-14(19)9-6-7-18(8-9)13-5-4-10-11(15(20)21)2-1-3-12(10)17-13/h1-5,9H,6-8H2,(H2,16,19)(H,20,21). The molecule has 1 atom stereocenters. The number of carboxylic acids is 1. The Bertz CT molecular complexity index is 729. The number of primary amides is 1. The van der Waals surface area contributed by atoms with Crippen LogP contribution in [0.25, 0.3) is 10.9 Å². The number of benzene rings is 1. The second-order valence-electron chi connectivity index (χ2n) is 5.18. The van der Waals surface area contributed by atoms with Crippen LogP contribution in [0.5, 0.6) is 0 Å². The number of carbonyl (C=O) groups excluding carboxylic acids is 1. The molecule has 6 nitrogen and oxygen atoms in total. The molecule has 3 N–H and O–H groups in total. The molecule has 2 heterocycles. The molecule has 6 heteroatoms. The van der Waals surface area contributed by atoms with Gasteiger partial charge in [0.05, 0.1) is 17.0 Å². The Balaban J connectivity index is 1.96. The van der Waals surface area contributed by atoms with Crippen molar-refractivity contribution in [2.24, 2.45) is 11.7 Å². The number of hydrogen-bond acceptors (Lipinski definition) is 4. The highest BCUT2D eigenvalue weighted by Gasteiger charge is 2.27. The summed E-state index contributed by atoms with van der Waals surface area (Å²) in [6.07, 6.45) is 0.726.